The summed E-state index contributed by atoms with van der Waals surface area (Å²) < 4.78 is 10.6. The monoisotopic (exact) mass is 501 g/mol. The average Bonchev–Trinajstić information content (AvgIpc) is 3.68. The zero-order valence-corrected chi connectivity index (χ0v) is 20.5. The molecule has 37 heavy (non-hydrogen) atoms. The number of carbonyl (C=O) groups excluding carboxylic acids is 2. The Hall–Kier alpha value is -4.44. The van der Waals surface area contributed by atoms with Gasteiger partial charge in [-0.05, 0) is 49.2 Å². The van der Waals surface area contributed by atoms with E-state index in [1.54, 1.807) is 67.7 Å². The number of hydrogen-bond acceptors (Lipinski definition) is 7. The Morgan fingerprint density at radius 2 is 2.08 bits per heavy atom. The van der Waals surface area contributed by atoms with E-state index in [0.29, 0.717) is 34.8 Å². The summed E-state index contributed by atoms with van der Waals surface area (Å²) >= 11 is 0. The molecule has 4 aromatic rings. The highest BCUT2D eigenvalue weighted by Gasteiger charge is 2.36. The fourth-order valence-corrected chi connectivity index (χ4v) is 4.64. The molecule has 0 aliphatic carbocycles. The molecule has 2 amide bonds. The van der Waals surface area contributed by atoms with Gasteiger partial charge in [0, 0.05) is 41.1 Å². The molecule has 0 saturated carbocycles. The van der Waals surface area contributed by atoms with Gasteiger partial charge in [0.05, 0.1) is 32.0 Å². The normalized spacial score (nSPS) is 17.1. The lowest BCUT2D eigenvalue weighted by molar-refractivity contribution is 0.0715. The van der Waals surface area contributed by atoms with Crippen LogP contribution >= 0.6 is 0 Å². The van der Waals surface area contributed by atoms with Gasteiger partial charge >= 0.3 is 0 Å². The number of ether oxygens (including phenoxy) is 1. The molecule has 3 heterocycles. The first-order valence-corrected chi connectivity index (χ1v) is 11.9. The molecule has 1 saturated heterocycles. The molecule has 1 aliphatic heterocycles. The van der Waals surface area contributed by atoms with Crippen LogP contribution in [0.5, 0.6) is 5.75 Å². The number of methoxy groups -OCH3 is 1. The van der Waals surface area contributed by atoms with Crippen molar-refractivity contribution in [1.29, 1.82) is 0 Å². The van der Waals surface area contributed by atoms with Crippen LogP contribution in [0.3, 0.4) is 0 Å². The largest absolute Gasteiger partial charge is 0.496 e. The lowest BCUT2D eigenvalue weighted by Gasteiger charge is -2.25. The third kappa shape index (κ3) is 5.10. The highest BCUT2D eigenvalue weighted by molar-refractivity contribution is 5.96. The smallest absolute Gasteiger partial charge is 0.254 e. The molecule has 0 bridgehead atoms. The molecule has 2 aromatic heterocycles. The van der Waals surface area contributed by atoms with E-state index in [4.69, 9.17) is 9.26 Å². The van der Waals surface area contributed by atoms with Crippen molar-refractivity contribution < 1.29 is 24.0 Å². The van der Waals surface area contributed by atoms with Crippen LogP contribution < -0.4 is 10.1 Å². The number of nitrogens with one attached hydrogen (secondary N) is 2. The molecule has 2 unspecified atom stereocenters. The van der Waals surface area contributed by atoms with E-state index in [-0.39, 0.29) is 30.9 Å². The fraction of sp³-hybridized carbons (Fsp3) is 0.259. The van der Waals surface area contributed by atoms with Crippen molar-refractivity contribution in [2.75, 3.05) is 13.7 Å². The fourth-order valence-electron chi connectivity index (χ4n) is 4.64. The summed E-state index contributed by atoms with van der Waals surface area (Å²) in [6.07, 6.45) is 3.14. The number of carbonyl (C=O) groups is 2. The second-order valence-corrected chi connectivity index (χ2v) is 9.00. The maximum atomic E-state index is 13.6. The van der Waals surface area contributed by atoms with Crippen LogP contribution in [0.4, 0.5) is 0 Å². The van der Waals surface area contributed by atoms with Crippen LogP contribution in [0.2, 0.25) is 0 Å². The summed E-state index contributed by atoms with van der Waals surface area (Å²) in [5, 5.41) is 23.9. The molecule has 2 atom stereocenters. The number of aliphatic hydroxyl groups is 1. The minimum Gasteiger partial charge on any atom is -0.496 e. The molecule has 10 heteroatoms. The van der Waals surface area contributed by atoms with Crippen LogP contribution in [0.15, 0.2) is 65.4 Å². The van der Waals surface area contributed by atoms with Gasteiger partial charge in [-0.25, -0.2) is 0 Å². The predicted octanol–water partition coefficient (Wildman–Crippen LogP) is 3.26. The Bertz CT molecular complexity index is 1410. The van der Waals surface area contributed by atoms with Gasteiger partial charge < -0.3 is 24.6 Å². The molecule has 0 radical (unpaired) electrons. The van der Waals surface area contributed by atoms with Crippen LogP contribution in [-0.4, -0.2) is 56.9 Å². The van der Waals surface area contributed by atoms with Crippen molar-refractivity contribution in [1.82, 2.24) is 25.6 Å². The van der Waals surface area contributed by atoms with Crippen molar-refractivity contribution in [3.05, 3.63) is 89.1 Å². The number of nitrogens with zero attached hydrogens (tertiary/aromatic N) is 3. The molecular weight excluding hydrogens is 474 g/mol. The maximum absolute atomic E-state index is 13.6. The minimum atomic E-state index is -0.672. The summed E-state index contributed by atoms with van der Waals surface area (Å²) in [5.41, 5.74) is 3.96. The third-order valence-electron chi connectivity index (χ3n) is 6.44. The van der Waals surface area contributed by atoms with Crippen molar-refractivity contribution in [2.45, 2.75) is 32.0 Å². The van der Waals surface area contributed by atoms with Gasteiger partial charge in [-0.2, -0.15) is 5.10 Å². The van der Waals surface area contributed by atoms with Crippen molar-refractivity contribution >= 4 is 11.8 Å². The summed E-state index contributed by atoms with van der Waals surface area (Å²) in [6, 6.07) is 13.7. The lowest BCUT2D eigenvalue weighted by Crippen LogP contribution is -2.32. The first-order valence-electron chi connectivity index (χ1n) is 11.9. The summed E-state index contributed by atoms with van der Waals surface area (Å²) in [5.74, 6) is 0.724. The second kappa shape index (κ2) is 10.3. The Morgan fingerprint density at radius 1 is 1.22 bits per heavy atom. The van der Waals surface area contributed by atoms with Gasteiger partial charge in [-0.15, -0.1) is 0 Å². The number of β-amino-alcohol motifs (C(OH)–C–C–N with tert-alkyl or cyclic N) is 1. The number of H-pyrrole nitrogens is 1. The van der Waals surface area contributed by atoms with Gasteiger partial charge in [0.15, 0.2) is 0 Å². The third-order valence-corrected chi connectivity index (χ3v) is 6.44. The molecule has 2 aromatic carbocycles. The van der Waals surface area contributed by atoms with Gasteiger partial charge in [0.1, 0.15) is 17.2 Å². The van der Waals surface area contributed by atoms with Gasteiger partial charge in [0.25, 0.3) is 11.8 Å². The van der Waals surface area contributed by atoms with Crippen LogP contribution in [-0.2, 0) is 6.54 Å². The Labute approximate surface area is 213 Å². The van der Waals surface area contributed by atoms with Crippen LogP contribution in [0.1, 0.15) is 50.2 Å². The molecule has 0 spiro atoms. The Morgan fingerprint density at radius 3 is 2.81 bits per heavy atom. The zero-order valence-electron chi connectivity index (χ0n) is 20.5. The van der Waals surface area contributed by atoms with E-state index in [9.17, 15) is 14.7 Å². The van der Waals surface area contributed by atoms with E-state index in [2.05, 4.69) is 20.7 Å². The predicted molar refractivity (Wildman–Crippen MR) is 134 cm³/mol. The number of likely N-dealkylation sites (tertiary alicyclic amines) is 1. The van der Waals surface area contributed by atoms with Crippen molar-refractivity contribution in [3.63, 3.8) is 0 Å². The summed E-state index contributed by atoms with van der Waals surface area (Å²) in [4.78, 5) is 28.0. The molecule has 10 nitrogen and oxygen atoms in total. The molecule has 1 fully saturated rings. The highest BCUT2D eigenvalue weighted by atomic mass is 16.5. The molecular formula is C27H27N5O5. The van der Waals surface area contributed by atoms with Crippen LogP contribution in [0.25, 0.3) is 11.1 Å². The Kier molecular flexibility index (Phi) is 6.74. The number of hydrogen-bond donors (Lipinski definition) is 3. The highest BCUT2D eigenvalue weighted by Crippen LogP contribution is 2.36. The van der Waals surface area contributed by atoms with Gasteiger partial charge in [-0.3, -0.25) is 14.7 Å². The number of aryl methyl sites for hydroxylation is 1. The first kappa shape index (κ1) is 24.3. The standard InChI is InChI=1S/C27H27N5O5/c1-16-8-21(31-37-16)14-28-26(34)18-5-3-4-17(9-18)24-11-22(33)15-32(24)27(35)19-6-7-23(25(10-19)36-2)20-12-29-30-13-20/h3-10,12-13,22,24,33H,11,14-15H2,1-2H3,(H,28,34)(H,29,30). The van der Waals surface area contributed by atoms with Crippen molar-refractivity contribution in [2.24, 2.45) is 0 Å². The van der Waals surface area contributed by atoms with Gasteiger partial charge in [-0.1, -0.05) is 17.3 Å². The first-order chi connectivity index (χ1) is 17.9. The van der Waals surface area contributed by atoms with E-state index in [1.807, 2.05) is 12.1 Å². The maximum Gasteiger partial charge on any atom is 0.254 e. The Balaban J connectivity index is 1.36. The number of aliphatic hydroxyl groups excluding tert-OH is 1. The van der Waals surface area contributed by atoms with E-state index < -0.39 is 6.10 Å². The number of benzene rings is 2. The summed E-state index contributed by atoms with van der Waals surface area (Å²) in [7, 11) is 1.55. The number of aromatic amines is 1. The second-order valence-electron chi connectivity index (χ2n) is 9.00. The number of amides is 2. The van der Waals surface area contributed by atoms with Crippen LogP contribution in [0, 0.1) is 6.92 Å². The SMILES string of the molecule is COc1cc(C(=O)N2CC(O)CC2c2cccc(C(=O)NCc3cc(C)on3)c2)ccc1-c1cn[nH]c1. The van der Waals surface area contributed by atoms with Gasteiger partial charge in [0.2, 0.25) is 0 Å². The quantitative estimate of drug-likeness (QED) is 0.354. The minimum absolute atomic E-state index is 0.192. The zero-order chi connectivity index (χ0) is 25.9. The van der Waals surface area contributed by atoms with Crippen molar-refractivity contribution in [3.8, 4) is 16.9 Å². The molecule has 190 valence electrons. The lowest BCUT2D eigenvalue weighted by atomic mass is 10.00. The number of rotatable bonds is 7. The number of aromatic nitrogens is 3. The van der Waals surface area contributed by atoms with E-state index >= 15 is 0 Å². The van der Waals surface area contributed by atoms with E-state index in [1.165, 1.54) is 0 Å². The molecule has 1 aliphatic rings. The van der Waals surface area contributed by atoms with E-state index in [0.717, 1.165) is 16.7 Å². The summed E-state index contributed by atoms with van der Waals surface area (Å²) in [6.45, 7) is 2.22. The molecule has 3 N–H and O–H groups in total. The average molecular weight is 502 g/mol. The topological polar surface area (TPSA) is 134 Å². The molecule has 5 rings (SSSR count).